The van der Waals surface area contributed by atoms with Crippen LogP contribution in [0.15, 0.2) is 84.9 Å². The third kappa shape index (κ3) is 3.91. The first-order chi connectivity index (χ1) is 12.7. The van der Waals surface area contributed by atoms with Gasteiger partial charge in [0.1, 0.15) is 5.75 Å². The third-order valence-corrected chi connectivity index (χ3v) is 4.14. The molecule has 0 aliphatic rings. The van der Waals surface area contributed by atoms with Gasteiger partial charge in [0, 0.05) is 26.6 Å². The van der Waals surface area contributed by atoms with Gasteiger partial charge in [-0.2, -0.15) is 0 Å². The van der Waals surface area contributed by atoms with Gasteiger partial charge in [0.15, 0.2) is 0 Å². The molecular weight excluding hydrogens is 517 g/mol. The molecule has 4 aromatic rings. The van der Waals surface area contributed by atoms with Gasteiger partial charge >= 0.3 is 0 Å². The Morgan fingerprint density at radius 2 is 1.04 bits per heavy atom. The van der Waals surface area contributed by atoms with Gasteiger partial charge in [-0.25, -0.2) is 9.97 Å². The second-order valence-corrected chi connectivity index (χ2v) is 5.88. The van der Waals surface area contributed by atoms with Crippen molar-refractivity contribution in [3.8, 4) is 39.7 Å². The smallest absolute Gasteiger partial charge is 0.124 e. The van der Waals surface area contributed by atoms with Gasteiger partial charge in [-0.15, -0.1) is 5.69 Å². The van der Waals surface area contributed by atoms with E-state index in [-0.39, 0.29) is 26.8 Å². The van der Waals surface area contributed by atoms with Gasteiger partial charge in [-0.1, -0.05) is 48.5 Å². The molecule has 27 heavy (non-hydrogen) atoms. The number of para-hydroxylation sites is 1. The molecule has 2 aromatic carbocycles. The zero-order valence-electron chi connectivity index (χ0n) is 14.2. The maximum atomic E-state index is 10.1. The second-order valence-electron chi connectivity index (χ2n) is 5.88. The summed E-state index contributed by atoms with van der Waals surface area (Å²) in [6, 6.07) is 25.9. The number of aromatic nitrogens is 2. The van der Waals surface area contributed by atoms with E-state index in [1.165, 1.54) is 0 Å². The second kappa shape index (κ2) is 8.15. The van der Waals surface area contributed by atoms with Crippen LogP contribution >= 0.6 is 0 Å². The number of phenolic OH excluding ortho intramolecular Hbond substituents is 1. The first-order valence-corrected chi connectivity index (χ1v) is 8.26. The number of pyridine rings is 2. The predicted molar refractivity (Wildman–Crippen MR) is 104 cm³/mol. The number of phenols is 1. The average Bonchev–Trinajstić information content (AvgIpc) is 2.69. The molecule has 0 unspecified atom stereocenters. The van der Waals surface area contributed by atoms with Crippen LogP contribution in [0.25, 0.3) is 39.6 Å². The van der Waals surface area contributed by atoms with E-state index in [1.54, 1.807) is 18.2 Å². The van der Waals surface area contributed by atoms with Gasteiger partial charge in [0.05, 0.1) is 22.8 Å². The Hall–Kier alpha value is -2.97. The minimum absolute atomic E-state index is 0. The van der Waals surface area contributed by atoms with E-state index >= 15 is 0 Å². The van der Waals surface area contributed by atoms with Gasteiger partial charge in [-0.05, 0) is 42.0 Å². The number of nitrogens with one attached hydrogen (secondary N) is 1. The molecule has 0 radical (unpaired) electrons. The molecule has 0 saturated carbocycles. The van der Waals surface area contributed by atoms with Crippen LogP contribution in [-0.4, -0.2) is 15.1 Å². The fourth-order valence-electron chi connectivity index (χ4n) is 2.85. The number of rotatable bonds is 3. The molecular formula is C22H16N3OPt-. The van der Waals surface area contributed by atoms with Crippen LogP contribution in [0, 0.1) is 0 Å². The zero-order chi connectivity index (χ0) is 17.9. The molecule has 0 spiro atoms. The Bertz CT molecular complexity index is 995. The van der Waals surface area contributed by atoms with Gasteiger partial charge in [0.2, 0.25) is 0 Å². The van der Waals surface area contributed by atoms with E-state index in [0.29, 0.717) is 16.9 Å². The fraction of sp³-hybridized carbons (Fsp3) is 0. The van der Waals surface area contributed by atoms with Gasteiger partial charge < -0.3 is 10.8 Å². The molecule has 4 rings (SSSR count). The maximum absolute atomic E-state index is 10.1. The van der Waals surface area contributed by atoms with E-state index in [4.69, 9.17) is 5.73 Å². The van der Waals surface area contributed by atoms with Crippen molar-refractivity contribution >= 4 is 5.69 Å². The van der Waals surface area contributed by atoms with Gasteiger partial charge in [0.25, 0.3) is 0 Å². The summed E-state index contributed by atoms with van der Waals surface area (Å²) in [5.74, 6) is 0.196. The van der Waals surface area contributed by atoms with E-state index in [2.05, 4.69) is 9.97 Å². The van der Waals surface area contributed by atoms with Crippen molar-refractivity contribution in [2.75, 3.05) is 0 Å². The quantitative estimate of drug-likeness (QED) is 0.359. The molecule has 2 heterocycles. The van der Waals surface area contributed by atoms with Crippen molar-refractivity contribution in [2.24, 2.45) is 0 Å². The summed E-state index contributed by atoms with van der Waals surface area (Å²) < 4.78 is 0. The molecule has 0 amide bonds. The standard InChI is InChI=1S/C22H16N3O.Pt/c23-17-9-3-1-7-15(17)18-10-5-12-20(24-18)21-13-6-11-19(25-21)16-8-2-4-14-22(16)26;/h1-14H,(H2-,23,24,25,26);/q-1;. The van der Waals surface area contributed by atoms with Crippen molar-refractivity contribution in [1.29, 1.82) is 0 Å². The van der Waals surface area contributed by atoms with Crippen LogP contribution in [-0.2, 0) is 21.1 Å². The van der Waals surface area contributed by atoms with Crippen LogP contribution in [0.2, 0.25) is 0 Å². The summed E-state index contributed by atoms with van der Waals surface area (Å²) in [5.41, 5.74) is 12.8. The number of aromatic hydroxyl groups is 1. The van der Waals surface area contributed by atoms with Crippen molar-refractivity contribution in [2.45, 2.75) is 0 Å². The Morgan fingerprint density at radius 3 is 1.63 bits per heavy atom. The molecule has 0 saturated heterocycles. The van der Waals surface area contributed by atoms with Crippen molar-refractivity contribution in [3.05, 3.63) is 90.7 Å². The van der Waals surface area contributed by atoms with Crippen molar-refractivity contribution in [1.82, 2.24) is 9.97 Å². The van der Waals surface area contributed by atoms with Crippen molar-refractivity contribution in [3.63, 3.8) is 0 Å². The zero-order valence-corrected chi connectivity index (χ0v) is 16.5. The van der Waals surface area contributed by atoms with Crippen LogP contribution in [0.1, 0.15) is 0 Å². The normalized spacial score (nSPS) is 10.2. The van der Waals surface area contributed by atoms with Gasteiger partial charge in [-0.3, -0.25) is 0 Å². The number of hydrogen-bond donors (Lipinski definition) is 1. The van der Waals surface area contributed by atoms with E-state index in [9.17, 15) is 5.11 Å². The molecule has 0 aliphatic heterocycles. The summed E-state index contributed by atoms with van der Waals surface area (Å²) in [6.45, 7) is 0. The van der Waals surface area contributed by atoms with E-state index in [0.717, 1.165) is 22.6 Å². The molecule has 2 aromatic heterocycles. The number of benzene rings is 2. The maximum Gasteiger partial charge on any atom is 0.124 e. The average molecular weight is 533 g/mol. The number of nitrogens with zero attached hydrogens (tertiary/aromatic N) is 2. The Balaban J connectivity index is 0.00000210. The molecule has 0 fully saturated rings. The monoisotopic (exact) mass is 533 g/mol. The summed E-state index contributed by atoms with van der Waals surface area (Å²) in [4.78, 5) is 9.35. The Kier molecular flexibility index (Phi) is 5.68. The van der Waals surface area contributed by atoms with Crippen molar-refractivity contribution < 1.29 is 26.2 Å². The summed E-state index contributed by atoms with van der Waals surface area (Å²) in [6.07, 6.45) is 0. The van der Waals surface area contributed by atoms with E-state index < -0.39 is 0 Å². The summed E-state index contributed by atoms with van der Waals surface area (Å²) in [7, 11) is 0. The molecule has 0 bridgehead atoms. The SMILES string of the molecule is [NH-]c1ccccc1-c1cccc(-c2cccc(-c3ccccc3O)n2)n1.[Pt]. The fourth-order valence-corrected chi connectivity index (χ4v) is 2.85. The van der Waals surface area contributed by atoms with Crippen LogP contribution in [0.5, 0.6) is 5.75 Å². The molecule has 136 valence electrons. The van der Waals surface area contributed by atoms with Crippen LogP contribution in [0.3, 0.4) is 0 Å². The summed E-state index contributed by atoms with van der Waals surface area (Å²) in [5, 5.41) is 10.1. The largest absolute Gasteiger partial charge is 0.698 e. The number of hydrogen-bond acceptors (Lipinski definition) is 3. The molecule has 0 aliphatic carbocycles. The molecule has 2 N–H and O–H groups in total. The molecule has 5 heteroatoms. The third-order valence-electron chi connectivity index (χ3n) is 4.14. The predicted octanol–water partition coefficient (Wildman–Crippen LogP) is 5.86. The molecule has 4 nitrogen and oxygen atoms in total. The summed E-state index contributed by atoms with van der Waals surface area (Å²) >= 11 is 0. The first kappa shape index (κ1) is 18.8. The van der Waals surface area contributed by atoms with Crippen LogP contribution in [0.4, 0.5) is 5.69 Å². The minimum atomic E-state index is 0. The minimum Gasteiger partial charge on any atom is -0.698 e. The Morgan fingerprint density at radius 1 is 0.556 bits per heavy atom. The topological polar surface area (TPSA) is 69.8 Å². The van der Waals surface area contributed by atoms with E-state index in [1.807, 2.05) is 66.7 Å². The molecule has 0 atom stereocenters. The Labute approximate surface area is 172 Å². The van der Waals surface area contributed by atoms with Crippen LogP contribution < -0.4 is 0 Å². The first-order valence-electron chi connectivity index (χ1n) is 8.26.